The average Bonchev–Trinajstić information content (AvgIpc) is 2.29. The summed E-state index contributed by atoms with van der Waals surface area (Å²) in [7, 11) is 0. The number of rotatable bonds is 3. The molecule has 7 heteroatoms. The number of ether oxygens (including phenoxy) is 1. The molecule has 0 aliphatic heterocycles. The fraction of sp³-hybridized carbons (Fsp3) is 0.200. The number of nitrogens with zero attached hydrogens (tertiary/aromatic N) is 1. The van der Waals surface area contributed by atoms with Gasteiger partial charge in [-0.2, -0.15) is 0 Å². The predicted octanol–water partition coefficient (Wildman–Crippen LogP) is 1.62. The van der Waals surface area contributed by atoms with E-state index in [1.54, 1.807) is 6.92 Å². The van der Waals surface area contributed by atoms with Gasteiger partial charge in [0, 0.05) is 18.6 Å². The molecule has 0 aliphatic rings. The summed E-state index contributed by atoms with van der Waals surface area (Å²) in [6.45, 7) is 1.59. The fourth-order valence-corrected chi connectivity index (χ4v) is 0.971. The molecule has 1 aromatic carbocycles. The van der Waals surface area contributed by atoms with Gasteiger partial charge in [-0.05, 0) is 12.1 Å². The van der Waals surface area contributed by atoms with Crippen LogP contribution >= 0.6 is 0 Å². The summed E-state index contributed by atoms with van der Waals surface area (Å²) in [6, 6.07) is 4.94. The van der Waals surface area contributed by atoms with E-state index in [-0.39, 0.29) is 17.9 Å². The van der Waals surface area contributed by atoms with Crippen LogP contribution in [0.25, 0.3) is 0 Å². The van der Waals surface area contributed by atoms with E-state index in [2.05, 4.69) is 0 Å². The van der Waals surface area contributed by atoms with E-state index >= 15 is 0 Å². The Morgan fingerprint density at radius 1 is 1.35 bits per heavy atom. The van der Waals surface area contributed by atoms with Gasteiger partial charge in [-0.3, -0.25) is 20.2 Å². The lowest BCUT2D eigenvalue weighted by molar-refractivity contribution is -0.384. The summed E-state index contributed by atoms with van der Waals surface area (Å²) < 4.78 is 4.73. The van der Waals surface area contributed by atoms with E-state index in [9.17, 15) is 19.7 Å². The molecule has 1 rings (SSSR count). The normalized spacial score (nSPS) is 9.47. The van der Waals surface area contributed by atoms with E-state index < -0.39 is 16.9 Å². The minimum Gasteiger partial charge on any atom is -0.410 e. The van der Waals surface area contributed by atoms with Crippen LogP contribution in [0.2, 0.25) is 0 Å². The first-order valence-electron chi connectivity index (χ1n) is 4.79. The van der Waals surface area contributed by atoms with Gasteiger partial charge >= 0.3 is 6.09 Å². The van der Waals surface area contributed by atoms with Gasteiger partial charge < -0.3 is 4.74 Å². The molecule has 1 aromatic rings. The molecule has 0 aromatic heterocycles. The lowest BCUT2D eigenvalue weighted by atomic mass is 10.3. The number of hydrogen-bond donors (Lipinski definition) is 1. The van der Waals surface area contributed by atoms with E-state index in [0.717, 1.165) is 0 Å². The molecule has 7 nitrogen and oxygen atoms in total. The molecule has 0 saturated carbocycles. The third-order valence-corrected chi connectivity index (χ3v) is 1.82. The van der Waals surface area contributed by atoms with Crippen LogP contribution in [0.3, 0.4) is 0 Å². The topological polar surface area (TPSA) is 98.5 Å². The van der Waals surface area contributed by atoms with Crippen molar-refractivity contribution >= 4 is 17.7 Å². The third kappa shape index (κ3) is 3.90. The van der Waals surface area contributed by atoms with Crippen LogP contribution in [0.4, 0.5) is 10.5 Å². The Balaban J connectivity index is 2.60. The highest BCUT2D eigenvalue weighted by Crippen LogP contribution is 2.17. The molecular weight excluding hydrogens is 228 g/mol. The molecule has 90 valence electrons. The molecule has 1 N–H and O–H groups in total. The van der Waals surface area contributed by atoms with Crippen LogP contribution in [-0.4, -0.2) is 16.9 Å². The Bertz CT molecular complexity index is 441. The van der Waals surface area contributed by atoms with Crippen molar-refractivity contribution in [2.45, 2.75) is 13.3 Å². The Morgan fingerprint density at radius 3 is 2.41 bits per heavy atom. The van der Waals surface area contributed by atoms with Crippen molar-refractivity contribution in [2.24, 2.45) is 0 Å². The molecule has 0 bridgehead atoms. The van der Waals surface area contributed by atoms with Gasteiger partial charge in [0.1, 0.15) is 5.75 Å². The molecule has 0 heterocycles. The number of nitro benzene ring substituents is 1. The van der Waals surface area contributed by atoms with Crippen LogP contribution in [-0.2, 0) is 4.79 Å². The smallest absolute Gasteiger partial charge is 0.410 e. The van der Waals surface area contributed by atoms with Crippen LogP contribution in [0.1, 0.15) is 13.3 Å². The van der Waals surface area contributed by atoms with Gasteiger partial charge in [0.15, 0.2) is 0 Å². The minimum atomic E-state index is -0.911. The maximum Gasteiger partial charge on any atom is 0.419 e. The zero-order valence-corrected chi connectivity index (χ0v) is 9.00. The summed E-state index contributed by atoms with van der Waals surface area (Å²) in [5.41, 5.74) is -0.109. The van der Waals surface area contributed by atoms with Crippen LogP contribution < -0.4 is 10.1 Å². The average molecular weight is 238 g/mol. The van der Waals surface area contributed by atoms with Crippen LogP contribution in [0.5, 0.6) is 5.75 Å². The largest absolute Gasteiger partial charge is 0.419 e. The third-order valence-electron chi connectivity index (χ3n) is 1.82. The van der Waals surface area contributed by atoms with Gasteiger partial charge in [0.25, 0.3) is 5.69 Å². The SMILES string of the molecule is CCC(=O)NC(=O)Oc1ccc([N+](=O)[O-])cc1. The molecule has 0 atom stereocenters. The first-order valence-corrected chi connectivity index (χ1v) is 4.79. The lowest BCUT2D eigenvalue weighted by Crippen LogP contribution is -2.32. The Morgan fingerprint density at radius 2 is 1.94 bits per heavy atom. The number of carbonyl (C=O) groups is 2. The first kappa shape index (κ1) is 12.6. The van der Waals surface area contributed by atoms with Gasteiger partial charge in [0.2, 0.25) is 5.91 Å². The highest BCUT2D eigenvalue weighted by atomic mass is 16.6. The van der Waals surface area contributed by atoms with E-state index in [1.807, 2.05) is 5.32 Å². The molecule has 0 aliphatic carbocycles. The number of imide groups is 1. The molecule has 2 amide bonds. The van der Waals surface area contributed by atoms with Gasteiger partial charge in [0.05, 0.1) is 4.92 Å². The molecular formula is C10H10N2O5. The summed E-state index contributed by atoms with van der Waals surface area (Å²) in [5, 5.41) is 12.3. The highest BCUT2D eigenvalue weighted by molar-refractivity contribution is 5.92. The predicted molar refractivity (Wildman–Crippen MR) is 57.6 cm³/mol. The van der Waals surface area contributed by atoms with E-state index in [4.69, 9.17) is 4.74 Å². The van der Waals surface area contributed by atoms with Crippen molar-refractivity contribution in [2.75, 3.05) is 0 Å². The van der Waals surface area contributed by atoms with Gasteiger partial charge in [-0.1, -0.05) is 6.92 Å². The van der Waals surface area contributed by atoms with Crippen molar-refractivity contribution in [3.63, 3.8) is 0 Å². The van der Waals surface area contributed by atoms with Gasteiger partial charge in [-0.15, -0.1) is 0 Å². The minimum absolute atomic E-state index is 0.109. The Kier molecular flexibility index (Phi) is 4.15. The first-order chi connectivity index (χ1) is 8.02. The number of carbonyl (C=O) groups excluding carboxylic acids is 2. The summed E-state index contributed by atoms with van der Waals surface area (Å²) in [6.07, 6.45) is -0.749. The number of benzene rings is 1. The fourth-order valence-electron chi connectivity index (χ4n) is 0.971. The molecule has 0 fully saturated rings. The second kappa shape index (κ2) is 5.59. The van der Waals surface area contributed by atoms with Crippen molar-refractivity contribution in [1.29, 1.82) is 0 Å². The van der Waals surface area contributed by atoms with Gasteiger partial charge in [-0.25, -0.2) is 4.79 Å². The maximum atomic E-state index is 11.1. The lowest BCUT2D eigenvalue weighted by Gasteiger charge is -2.04. The summed E-state index contributed by atoms with van der Waals surface area (Å²) >= 11 is 0. The second-order valence-electron chi connectivity index (χ2n) is 3.04. The van der Waals surface area contributed by atoms with Crippen LogP contribution in [0, 0.1) is 10.1 Å². The molecule has 0 unspecified atom stereocenters. The van der Waals surface area contributed by atoms with Crippen LogP contribution in [0.15, 0.2) is 24.3 Å². The zero-order valence-electron chi connectivity index (χ0n) is 9.00. The molecule has 0 spiro atoms. The maximum absolute atomic E-state index is 11.1. The van der Waals surface area contributed by atoms with E-state index in [0.29, 0.717) is 0 Å². The summed E-state index contributed by atoms with van der Waals surface area (Å²) in [4.78, 5) is 31.8. The Hall–Kier alpha value is -2.44. The number of amides is 2. The second-order valence-corrected chi connectivity index (χ2v) is 3.04. The number of nitro groups is 1. The standard InChI is InChI=1S/C10H10N2O5/c1-2-9(13)11-10(14)17-8-5-3-7(4-6-8)12(15)16/h3-6H,2H2,1H3,(H,11,13,14). The zero-order chi connectivity index (χ0) is 12.8. The summed E-state index contributed by atoms with van der Waals surface area (Å²) in [5.74, 6) is -0.339. The Labute approximate surface area is 96.5 Å². The number of hydrogen-bond acceptors (Lipinski definition) is 5. The molecule has 0 radical (unpaired) electrons. The van der Waals surface area contributed by atoms with Crippen molar-refractivity contribution < 1.29 is 19.2 Å². The van der Waals surface area contributed by atoms with Crippen molar-refractivity contribution in [3.05, 3.63) is 34.4 Å². The van der Waals surface area contributed by atoms with E-state index in [1.165, 1.54) is 24.3 Å². The molecule has 0 saturated heterocycles. The van der Waals surface area contributed by atoms with Crippen molar-refractivity contribution in [3.8, 4) is 5.75 Å². The highest BCUT2D eigenvalue weighted by Gasteiger charge is 2.09. The quantitative estimate of drug-likeness (QED) is 0.637. The molecule has 17 heavy (non-hydrogen) atoms. The number of nitrogens with one attached hydrogen (secondary N) is 1. The number of non-ortho nitro benzene ring substituents is 1. The monoisotopic (exact) mass is 238 g/mol. The van der Waals surface area contributed by atoms with Crippen molar-refractivity contribution in [1.82, 2.24) is 5.32 Å².